The summed E-state index contributed by atoms with van der Waals surface area (Å²) in [7, 11) is 0. The van der Waals surface area contributed by atoms with Crippen LogP contribution >= 0.6 is 0 Å². The van der Waals surface area contributed by atoms with E-state index in [2.05, 4.69) is 10.4 Å². The highest BCUT2D eigenvalue weighted by Crippen LogP contribution is 2.32. The van der Waals surface area contributed by atoms with Crippen LogP contribution in [0.2, 0.25) is 0 Å². The van der Waals surface area contributed by atoms with Gasteiger partial charge in [-0.05, 0) is 24.6 Å². The number of carbonyl (C=O) groups excluding carboxylic acids is 1. The monoisotopic (exact) mass is 355 g/mol. The van der Waals surface area contributed by atoms with Crippen LogP contribution in [0.4, 0.5) is 13.2 Å². The van der Waals surface area contributed by atoms with Crippen molar-refractivity contribution in [2.75, 3.05) is 13.2 Å². The van der Waals surface area contributed by atoms with Crippen molar-refractivity contribution in [3.05, 3.63) is 47.2 Å². The van der Waals surface area contributed by atoms with E-state index < -0.39 is 29.8 Å². The summed E-state index contributed by atoms with van der Waals surface area (Å²) in [6.07, 6.45) is -4.52. The van der Waals surface area contributed by atoms with Crippen LogP contribution in [0.3, 0.4) is 0 Å². The van der Waals surface area contributed by atoms with Gasteiger partial charge in [0.1, 0.15) is 6.61 Å². The topological polar surface area (TPSA) is 76.4 Å². The highest BCUT2D eigenvalue weighted by molar-refractivity contribution is 5.93. The molecule has 1 amide bonds. The first-order valence-electron chi connectivity index (χ1n) is 7.55. The standard InChI is InChI=1S/C16H16F3N3O3/c1-15(9-23,10-3-2-4-11(7-10)16(17,18)19)20-14(24)12-8-13-22(21-12)5-6-25-13/h2-4,7-8,23H,5-6,9H2,1H3,(H,20,24). The number of alkyl halides is 3. The lowest BCUT2D eigenvalue weighted by Gasteiger charge is -2.29. The molecule has 2 heterocycles. The molecular weight excluding hydrogens is 339 g/mol. The fraction of sp³-hybridized carbons (Fsp3) is 0.375. The molecule has 1 aliphatic rings. The van der Waals surface area contributed by atoms with Crippen molar-refractivity contribution in [1.82, 2.24) is 15.1 Å². The highest BCUT2D eigenvalue weighted by Gasteiger charge is 2.34. The molecule has 9 heteroatoms. The van der Waals surface area contributed by atoms with Crippen molar-refractivity contribution in [2.24, 2.45) is 0 Å². The number of benzene rings is 1. The Morgan fingerprint density at radius 1 is 1.36 bits per heavy atom. The maximum absolute atomic E-state index is 12.9. The van der Waals surface area contributed by atoms with E-state index in [9.17, 15) is 23.1 Å². The molecule has 0 aliphatic carbocycles. The first-order valence-corrected chi connectivity index (χ1v) is 7.55. The van der Waals surface area contributed by atoms with E-state index in [1.165, 1.54) is 29.8 Å². The molecule has 1 aliphatic heterocycles. The van der Waals surface area contributed by atoms with Gasteiger partial charge in [-0.15, -0.1) is 0 Å². The summed E-state index contributed by atoms with van der Waals surface area (Å²) in [5, 5.41) is 16.3. The Hall–Kier alpha value is -2.55. The maximum atomic E-state index is 12.9. The number of fused-ring (bicyclic) bond motifs is 1. The molecule has 1 atom stereocenters. The van der Waals surface area contributed by atoms with Crippen LogP contribution in [0.25, 0.3) is 0 Å². The number of aliphatic hydroxyl groups is 1. The van der Waals surface area contributed by atoms with Gasteiger partial charge in [0.15, 0.2) is 5.69 Å². The normalized spacial score (nSPS) is 16.0. The highest BCUT2D eigenvalue weighted by atomic mass is 19.4. The zero-order chi connectivity index (χ0) is 18.2. The van der Waals surface area contributed by atoms with Gasteiger partial charge in [0.2, 0.25) is 5.88 Å². The number of amides is 1. The predicted octanol–water partition coefficient (Wildman–Crippen LogP) is 1.93. The van der Waals surface area contributed by atoms with Crippen molar-refractivity contribution < 1.29 is 27.8 Å². The number of nitrogens with one attached hydrogen (secondary N) is 1. The van der Waals surface area contributed by atoms with E-state index in [1.54, 1.807) is 0 Å². The number of hydrogen-bond donors (Lipinski definition) is 2. The second-order valence-electron chi connectivity index (χ2n) is 5.96. The average molecular weight is 355 g/mol. The number of rotatable bonds is 4. The van der Waals surface area contributed by atoms with Gasteiger partial charge < -0.3 is 15.2 Å². The Kier molecular flexibility index (Phi) is 4.19. The van der Waals surface area contributed by atoms with Gasteiger partial charge in [-0.3, -0.25) is 4.79 Å². The number of aliphatic hydroxyl groups excluding tert-OH is 1. The number of halogens is 3. The average Bonchev–Trinajstić information content (AvgIpc) is 3.15. The Labute approximate surface area is 141 Å². The van der Waals surface area contributed by atoms with Crippen LogP contribution in [-0.4, -0.2) is 34.0 Å². The zero-order valence-electron chi connectivity index (χ0n) is 13.3. The molecule has 0 radical (unpaired) electrons. The van der Waals surface area contributed by atoms with Gasteiger partial charge >= 0.3 is 6.18 Å². The van der Waals surface area contributed by atoms with Gasteiger partial charge in [0.05, 0.1) is 24.3 Å². The molecule has 0 saturated heterocycles. The number of nitrogens with zero attached hydrogens (tertiary/aromatic N) is 2. The molecule has 0 saturated carbocycles. The summed E-state index contributed by atoms with van der Waals surface area (Å²) in [6.45, 7) is 1.86. The molecule has 3 rings (SSSR count). The van der Waals surface area contributed by atoms with Gasteiger partial charge in [-0.1, -0.05) is 12.1 Å². The SMILES string of the molecule is CC(CO)(NC(=O)c1cc2n(n1)CCO2)c1cccc(C(F)(F)F)c1. The van der Waals surface area contributed by atoms with Crippen LogP contribution in [-0.2, 0) is 18.3 Å². The van der Waals surface area contributed by atoms with Crippen LogP contribution in [0.15, 0.2) is 30.3 Å². The largest absolute Gasteiger partial charge is 0.476 e. The Balaban J connectivity index is 1.86. The summed E-state index contributed by atoms with van der Waals surface area (Å²) in [6, 6.07) is 5.94. The molecule has 6 nitrogen and oxygen atoms in total. The second-order valence-corrected chi connectivity index (χ2v) is 5.96. The summed E-state index contributed by atoms with van der Waals surface area (Å²) in [5.41, 5.74) is -2.04. The van der Waals surface area contributed by atoms with Crippen LogP contribution in [0.1, 0.15) is 28.5 Å². The third-order valence-electron chi connectivity index (χ3n) is 4.06. The van der Waals surface area contributed by atoms with Crippen LogP contribution in [0.5, 0.6) is 5.88 Å². The molecule has 1 aromatic carbocycles. The molecule has 1 aromatic heterocycles. The fourth-order valence-corrected chi connectivity index (χ4v) is 2.58. The van der Waals surface area contributed by atoms with E-state index in [0.717, 1.165) is 12.1 Å². The first kappa shape index (κ1) is 17.3. The van der Waals surface area contributed by atoms with E-state index in [1.807, 2.05) is 0 Å². The Bertz CT molecular complexity index is 782. The lowest BCUT2D eigenvalue weighted by Crippen LogP contribution is -2.46. The van der Waals surface area contributed by atoms with Crippen LogP contribution < -0.4 is 10.1 Å². The number of hydrogen-bond acceptors (Lipinski definition) is 4. The smallest absolute Gasteiger partial charge is 0.416 e. The first-order chi connectivity index (χ1) is 11.7. The lowest BCUT2D eigenvalue weighted by molar-refractivity contribution is -0.137. The van der Waals surface area contributed by atoms with E-state index >= 15 is 0 Å². The summed E-state index contributed by atoms with van der Waals surface area (Å²) in [5.74, 6) is -0.158. The van der Waals surface area contributed by atoms with E-state index in [-0.39, 0.29) is 11.3 Å². The number of carbonyl (C=O) groups is 1. The summed E-state index contributed by atoms with van der Waals surface area (Å²) >= 11 is 0. The third kappa shape index (κ3) is 3.32. The predicted molar refractivity (Wildman–Crippen MR) is 81.1 cm³/mol. The van der Waals surface area contributed by atoms with Crippen molar-refractivity contribution in [3.8, 4) is 5.88 Å². The minimum atomic E-state index is -4.52. The number of aromatic nitrogens is 2. The third-order valence-corrected chi connectivity index (χ3v) is 4.06. The van der Waals surface area contributed by atoms with Gasteiger partial charge in [0, 0.05) is 6.07 Å². The fourth-order valence-electron chi connectivity index (χ4n) is 2.58. The zero-order valence-corrected chi connectivity index (χ0v) is 13.3. The molecule has 134 valence electrons. The number of ether oxygens (including phenoxy) is 1. The molecule has 2 N–H and O–H groups in total. The van der Waals surface area contributed by atoms with Crippen molar-refractivity contribution in [3.63, 3.8) is 0 Å². The molecule has 0 bridgehead atoms. The van der Waals surface area contributed by atoms with Gasteiger partial charge in [-0.25, -0.2) is 4.68 Å². The molecule has 0 fully saturated rings. The molecule has 0 spiro atoms. The minimum absolute atomic E-state index is 0.0707. The molecular formula is C16H16F3N3O3. The van der Waals surface area contributed by atoms with Crippen LogP contribution in [0, 0.1) is 0 Å². The Morgan fingerprint density at radius 2 is 2.08 bits per heavy atom. The second kappa shape index (κ2) is 6.07. The van der Waals surface area contributed by atoms with Crippen molar-refractivity contribution in [2.45, 2.75) is 25.2 Å². The van der Waals surface area contributed by atoms with Crippen molar-refractivity contribution in [1.29, 1.82) is 0 Å². The van der Waals surface area contributed by atoms with Gasteiger partial charge in [-0.2, -0.15) is 18.3 Å². The Morgan fingerprint density at radius 3 is 2.72 bits per heavy atom. The maximum Gasteiger partial charge on any atom is 0.416 e. The molecule has 2 aromatic rings. The summed E-state index contributed by atoms with van der Waals surface area (Å²) in [4.78, 5) is 12.4. The van der Waals surface area contributed by atoms with E-state index in [4.69, 9.17) is 4.74 Å². The van der Waals surface area contributed by atoms with E-state index in [0.29, 0.717) is 19.0 Å². The molecule has 1 unspecified atom stereocenters. The van der Waals surface area contributed by atoms with Crippen molar-refractivity contribution >= 4 is 5.91 Å². The lowest BCUT2D eigenvalue weighted by atomic mass is 9.91. The summed E-state index contributed by atoms with van der Waals surface area (Å²) < 4.78 is 45.5. The minimum Gasteiger partial charge on any atom is -0.476 e. The molecule has 25 heavy (non-hydrogen) atoms. The quantitative estimate of drug-likeness (QED) is 0.879. The van der Waals surface area contributed by atoms with Gasteiger partial charge in [0.25, 0.3) is 5.91 Å².